The first kappa shape index (κ1) is 11.1. The van der Waals surface area contributed by atoms with E-state index in [-0.39, 0.29) is 0 Å². The summed E-state index contributed by atoms with van der Waals surface area (Å²) in [6.45, 7) is 0. The van der Waals surface area contributed by atoms with E-state index in [0.717, 1.165) is 15.2 Å². The Morgan fingerprint density at radius 3 is 2.81 bits per heavy atom. The lowest BCUT2D eigenvalue weighted by Gasteiger charge is -1.99. The predicted molar refractivity (Wildman–Crippen MR) is 65.7 cm³/mol. The van der Waals surface area contributed by atoms with Gasteiger partial charge in [0, 0.05) is 4.88 Å². The normalized spacial score (nSPS) is 12.3. The molecule has 0 bridgehead atoms. The number of hydrogen-bond acceptors (Lipinski definition) is 4. The van der Waals surface area contributed by atoms with E-state index in [0.29, 0.717) is 5.69 Å². The Balaban J connectivity index is 2.33. The van der Waals surface area contributed by atoms with Crippen molar-refractivity contribution in [3.8, 4) is 0 Å². The summed E-state index contributed by atoms with van der Waals surface area (Å²) < 4.78 is 23.7. The molecule has 0 amide bonds. The maximum absolute atomic E-state index is 11.3. The van der Waals surface area contributed by atoms with Crippen LogP contribution in [-0.4, -0.2) is 23.9 Å². The molecule has 84 valence electrons. The lowest BCUT2D eigenvalue weighted by Crippen LogP contribution is -2.12. The lowest BCUT2D eigenvalue weighted by atomic mass is 10.3. The largest absolute Gasteiger partial charge is 0.251 e. The van der Waals surface area contributed by atoms with Gasteiger partial charge >= 0.3 is 0 Å². The third-order valence-electron chi connectivity index (χ3n) is 1.91. The molecule has 0 saturated carbocycles. The van der Waals surface area contributed by atoms with Crippen LogP contribution in [0.2, 0.25) is 0 Å². The average molecular weight is 254 g/mol. The zero-order valence-corrected chi connectivity index (χ0v) is 10.2. The fraction of sp³-hybridized carbons (Fsp3) is 0.100. The van der Waals surface area contributed by atoms with E-state index in [1.54, 1.807) is 23.5 Å². The molecule has 0 saturated heterocycles. The molecule has 2 aromatic rings. The Morgan fingerprint density at radius 1 is 1.38 bits per heavy atom. The summed E-state index contributed by atoms with van der Waals surface area (Å²) in [5, 5.41) is 5.73. The van der Waals surface area contributed by atoms with Gasteiger partial charge in [-0.15, -0.1) is 11.3 Å². The smallest absolute Gasteiger partial charge is 0.205 e. The van der Waals surface area contributed by atoms with Crippen LogP contribution in [0.5, 0.6) is 0 Å². The van der Waals surface area contributed by atoms with Gasteiger partial charge in [0.05, 0.1) is 18.1 Å². The van der Waals surface area contributed by atoms with E-state index < -0.39 is 10.0 Å². The molecule has 0 radical (unpaired) electrons. The van der Waals surface area contributed by atoms with Crippen LogP contribution in [-0.2, 0) is 10.0 Å². The minimum atomic E-state index is -3.32. The number of rotatable bonds is 3. The van der Waals surface area contributed by atoms with E-state index in [2.05, 4.69) is 5.10 Å². The first-order valence-electron chi connectivity index (χ1n) is 4.53. The molecule has 0 N–H and O–H groups in total. The molecule has 2 rings (SSSR count). The summed E-state index contributed by atoms with van der Waals surface area (Å²) in [4.78, 5) is 1.07. The Bertz CT molecular complexity index is 595. The Morgan fingerprint density at radius 2 is 2.19 bits per heavy atom. The Labute approximate surface area is 97.9 Å². The molecule has 2 heterocycles. The Kier molecular flexibility index (Phi) is 2.93. The van der Waals surface area contributed by atoms with Gasteiger partial charge in [-0.2, -0.15) is 9.19 Å². The standard InChI is InChI=1S/C10H10N2O2S2/c1-16(13,14)12-9(6-7-11-12)4-5-10-3-2-8-15-10/h2-8H,1H3. The van der Waals surface area contributed by atoms with Crippen LogP contribution in [0, 0.1) is 0 Å². The van der Waals surface area contributed by atoms with Gasteiger partial charge in [-0.25, -0.2) is 8.42 Å². The number of hydrogen-bond donors (Lipinski definition) is 0. The van der Waals surface area contributed by atoms with E-state index in [9.17, 15) is 8.42 Å². The maximum atomic E-state index is 11.3. The van der Waals surface area contributed by atoms with Crippen LogP contribution < -0.4 is 0 Å². The molecule has 4 nitrogen and oxygen atoms in total. The summed E-state index contributed by atoms with van der Waals surface area (Å²) in [7, 11) is -3.32. The quantitative estimate of drug-likeness (QED) is 0.841. The highest BCUT2D eigenvalue weighted by Gasteiger charge is 2.09. The SMILES string of the molecule is CS(=O)(=O)n1nccc1C=Cc1cccs1. The molecule has 0 aliphatic carbocycles. The van der Waals surface area contributed by atoms with Crippen molar-refractivity contribution in [3.05, 3.63) is 40.3 Å². The van der Waals surface area contributed by atoms with Crippen LogP contribution in [0.4, 0.5) is 0 Å². The molecule has 0 unspecified atom stereocenters. The van der Waals surface area contributed by atoms with E-state index in [4.69, 9.17) is 0 Å². The van der Waals surface area contributed by atoms with Crippen molar-refractivity contribution < 1.29 is 8.42 Å². The molecule has 0 aromatic carbocycles. The predicted octanol–water partition coefficient (Wildman–Crippen LogP) is 1.92. The van der Waals surface area contributed by atoms with Crippen molar-refractivity contribution in [2.75, 3.05) is 6.26 Å². The van der Waals surface area contributed by atoms with Gasteiger partial charge in [0.2, 0.25) is 0 Å². The topological polar surface area (TPSA) is 52.0 Å². The highest BCUT2D eigenvalue weighted by molar-refractivity contribution is 7.89. The van der Waals surface area contributed by atoms with Gasteiger partial charge in [0.25, 0.3) is 10.0 Å². The van der Waals surface area contributed by atoms with Crippen molar-refractivity contribution >= 4 is 33.5 Å². The third-order valence-corrected chi connectivity index (χ3v) is 3.68. The maximum Gasteiger partial charge on any atom is 0.251 e. The van der Waals surface area contributed by atoms with Gasteiger partial charge in [-0.1, -0.05) is 6.07 Å². The number of nitrogens with zero attached hydrogens (tertiary/aromatic N) is 2. The van der Waals surface area contributed by atoms with Crippen molar-refractivity contribution in [2.45, 2.75) is 0 Å². The van der Waals surface area contributed by atoms with Crippen LogP contribution in [0.25, 0.3) is 12.2 Å². The number of aromatic nitrogens is 2. The zero-order valence-electron chi connectivity index (χ0n) is 8.57. The van der Waals surface area contributed by atoms with E-state index in [1.165, 1.54) is 6.20 Å². The molecule has 0 spiro atoms. The van der Waals surface area contributed by atoms with Gasteiger partial charge < -0.3 is 0 Å². The molecule has 0 fully saturated rings. The first-order valence-corrected chi connectivity index (χ1v) is 7.26. The number of thiophene rings is 1. The minimum Gasteiger partial charge on any atom is -0.205 e. The van der Waals surface area contributed by atoms with Crippen LogP contribution >= 0.6 is 11.3 Å². The van der Waals surface area contributed by atoms with Gasteiger partial charge in [0.15, 0.2) is 0 Å². The van der Waals surface area contributed by atoms with Crippen molar-refractivity contribution in [1.82, 2.24) is 9.19 Å². The fourth-order valence-electron chi connectivity index (χ4n) is 1.25. The molecule has 6 heteroatoms. The summed E-state index contributed by atoms with van der Waals surface area (Å²) in [5.41, 5.74) is 0.552. The Hall–Kier alpha value is -1.40. The monoisotopic (exact) mass is 254 g/mol. The summed E-state index contributed by atoms with van der Waals surface area (Å²) in [6, 6.07) is 5.56. The van der Waals surface area contributed by atoms with Crippen LogP contribution in [0.3, 0.4) is 0 Å². The summed E-state index contributed by atoms with van der Waals surface area (Å²) in [6.07, 6.45) is 6.20. The van der Waals surface area contributed by atoms with E-state index >= 15 is 0 Å². The van der Waals surface area contributed by atoms with Crippen molar-refractivity contribution in [1.29, 1.82) is 0 Å². The van der Waals surface area contributed by atoms with Crippen molar-refractivity contribution in [2.24, 2.45) is 0 Å². The second-order valence-electron chi connectivity index (χ2n) is 3.21. The van der Waals surface area contributed by atoms with E-state index in [1.807, 2.05) is 23.6 Å². The van der Waals surface area contributed by atoms with Gasteiger partial charge in [-0.3, -0.25) is 0 Å². The second kappa shape index (κ2) is 4.23. The molecular formula is C10H10N2O2S2. The minimum absolute atomic E-state index is 0.552. The highest BCUT2D eigenvalue weighted by Crippen LogP contribution is 2.13. The van der Waals surface area contributed by atoms with Crippen LogP contribution in [0.15, 0.2) is 29.8 Å². The van der Waals surface area contributed by atoms with Crippen LogP contribution in [0.1, 0.15) is 10.6 Å². The van der Waals surface area contributed by atoms with Gasteiger partial charge in [-0.05, 0) is 29.7 Å². The lowest BCUT2D eigenvalue weighted by molar-refractivity contribution is 0.586. The molecule has 0 atom stereocenters. The average Bonchev–Trinajstić information content (AvgIpc) is 2.85. The zero-order chi connectivity index (χ0) is 11.6. The third kappa shape index (κ3) is 2.40. The molecule has 2 aromatic heterocycles. The summed E-state index contributed by atoms with van der Waals surface area (Å²) in [5.74, 6) is 0. The summed E-state index contributed by atoms with van der Waals surface area (Å²) >= 11 is 1.59. The fourth-order valence-corrected chi connectivity index (χ4v) is 2.60. The molecule has 0 aliphatic heterocycles. The first-order chi connectivity index (χ1) is 7.57. The molecule has 0 aliphatic rings. The molecular weight excluding hydrogens is 244 g/mol. The second-order valence-corrected chi connectivity index (χ2v) is 6.00. The van der Waals surface area contributed by atoms with Gasteiger partial charge in [0.1, 0.15) is 0 Å². The molecule has 16 heavy (non-hydrogen) atoms. The highest BCUT2D eigenvalue weighted by atomic mass is 32.2. The van der Waals surface area contributed by atoms with Crippen molar-refractivity contribution in [3.63, 3.8) is 0 Å².